The molecule has 1 saturated carbocycles. The molecule has 134 valence electrons. The molecule has 6 heteroatoms. The zero-order valence-corrected chi connectivity index (χ0v) is 15.3. The Bertz CT molecular complexity index is 470. The summed E-state index contributed by atoms with van der Waals surface area (Å²) < 4.78 is 23.0. The van der Waals surface area contributed by atoms with Gasteiger partial charge in [0.15, 0.2) is 15.8 Å². The van der Waals surface area contributed by atoms with E-state index in [1.54, 1.807) is 0 Å². The van der Waals surface area contributed by atoms with Crippen molar-refractivity contribution in [2.75, 3.05) is 31.1 Å². The number of unbranched alkanes of at least 4 members (excludes halogenated alkanes) is 1. The fraction of sp³-hybridized carbons (Fsp3) is 0.941. The molecule has 0 aromatic carbocycles. The summed E-state index contributed by atoms with van der Waals surface area (Å²) in [6.07, 6.45) is 10.3. The summed E-state index contributed by atoms with van der Waals surface area (Å²) in [7, 11) is -2.80. The lowest BCUT2D eigenvalue weighted by Gasteiger charge is -2.13. The number of nitrogens with zero attached hydrogens (tertiary/aromatic N) is 1. The van der Waals surface area contributed by atoms with E-state index in [0.717, 1.165) is 31.4 Å². The van der Waals surface area contributed by atoms with Gasteiger partial charge in [-0.2, -0.15) is 0 Å². The zero-order valence-electron chi connectivity index (χ0n) is 14.5. The molecule has 0 amide bonds. The highest BCUT2D eigenvalue weighted by Gasteiger charge is 2.27. The number of nitrogens with one attached hydrogen (secondary N) is 2. The van der Waals surface area contributed by atoms with Gasteiger partial charge in [-0.3, -0.25) is 4.99 Å². The quantitative estimate of drug-likeness (QED) is 0.403. The second-order valence-electron chi connectivity index (χ2n) is 7.06. The van der Waals surface area contributed by atoms with Crippen molar-refractivity contribution in [3.63, 3.8) is 0 Å². The Morgan fingerprint density at radius 2 is 1.87 bits per heavy atom. The molecule has 2 rings (SSSR count). The fourth-order valence-electron chi connectivity index (χ4n) is 3.64. The topological polar surface area (TPSA) is 70.6 Å². The highest BCUT2D eigenvalue weighted by atomic mass is 32.2. The molecule has 0 aromatic heterocycles. The summed E-state index contributed by atoms with van der Waals surface area (Å²) in [5.74, 6) is 2.63. The van der Waals surface area contributed by atoms with Gasteiger partial charge in [-0.1, -0.05) is 38.5 Å². The molecular formula is C17H33N3O2S. The van der Waals surface area contributed by atoms with Gasteiger partial charge in [0.2, 0.25) is 0 Å². The van der Waals surface area contributed by atoms with Crippen LogP contribution in [0.1, 0.15) is 58.3 Å². The van der Waals surface area contributed by atoms with Crippen LogP contribution >= 0.6 is 0 Å². The van der Waals surface area contributed by atoms with Crippen LogP contribution in [-0.4, -0.2) is 45.5 Å². The third kappa shape index (κ3) is 7.10. The maximum absolute atomic E-state index is 11.5. The van der Waals surface area contributed by atoms with Gasteiger partial charge in [0.25, 0.3) is 0 Å². The van der Waals surface area contributed by atoms with Gasteiger partial charge in [-0.15, -0.1) is 0 Å². The molecule has 2 aliphatic rings. The van der Waals surface area contributed by atoms with Gasteiger partial charge in [-0.05, 0) is 31.6 Å². The molecule has 2 N–H and O–H groups in total. The molecule has 1 heterocycles. The molecule has 23 heavy (non-hydrogen) atoms. The molecule has 0 aromatic rings. The average Bonchev–Trinajstić information content (AvgIpc) is 3.13. The maximum Gasteiger partial charge on any atom is 0.191 e. The van der Waals surface area contributed by atoms with Gasteiger partial charge < -0.3 is 10.6 Å². The number of hydrogen-bond acceptors (Lipinski definition) is 3. The monoisotopic (exact) mass is 343 g/mol. The van der Waals surface area contributed by atoms with E-state index in [9.17, 15) is 8.42 Å². The van der Waals surface area contributed by atoms with E-state index in [-0.39, 0.29) is 5.92 Å². The third-order valence-corrected chi connectivity index (χ3v) is 6.82. The smallest absolute Gasteiger partial charge is 0.191 e. The first-order chi connectivity index (χ1) is 11.1. The van der Waals surface area contributed by atoms with Gasteiger partial charge in [0.1, 0.15) is 0 Å². The largest absolute Gasteiger partial charge is 0.357 e. The Kier molecular flexibility index (Phi) is 7.66. The SMILES string of the molecule is CCNC(=NCC1CCS(=O)(=O)C1)NCCCCC1CCCC1. The van der Waals surface area contributed by atoms with E-state index in [1.165, 1.54) is 44.9 Å². The van der Waals surface area contributed by atoms with Crippen LogP contribution in [0.2, 0.25) is 0 Å². The van der Waals surface area contributed by atoms with Crippen molar-refractivity contribution >= 4 is 15.8 Å². The van der Waals surface area contributed by atoms with Gasteiger partial charge in [0, 0.05) is 19.6 Å². The van der Waals surface area contributed by atoms with Crippen molar-refractivity contribution in [3.05, 3.63) is 0 Å². The molecule has 1 aliphatic heterocycles. The maximum atomic E-state index is 11.5. The number of hydrogen-bond donors (Lipinski definition) is 2. The van der Waals surface area contributed by atoms with E-state index in [2.05, 4.69) is 22.5 Å². The minimum Gasteiger partial charge on any atom is -0.357 e. The number of aliphatic imine (C=N–C) groups is 1. The van der Waals surface area contributed by atoms with Gasteiger partial charge in [-0.25, -0.2) is 8.42 Å². The van der Waals surface area contributed by atoms with E-state index in [1.807, 2.05) is 0 Å². The van der Waals surface area contributed by atoms with Crippen LogP contribution in [0.15, 0.2) is 4.99 Å². The van der Waals surface area contributed by atoms with Crippen LogP contribution in [0.5, 0.6) is 0 Å². The molecule has 0 spiro atoms. The lowest BCUT2D eigenvalue weighted by Crippen LogP contribution is -2.38. The number of sulfone groups is 1. The predicted molar refractivity (Wildman–Crippen MR) is 96.6 cm³/mol. The Morgan fingerprint density at radius 1 is 1.09 bits per heavy atom. The Balaban J connectivity index is 1.63. The molecular weight excluding hydrogens is 310 g/mol. The van der Waals surface area contributed by atoms with Crippen molar-refractivity contribution in [1.82, 2.24) is 10.6 Å². The molecule has 5 nitrogen and oxygen atoms in total. The Morgan fingerprint density at radius 3 is 2.52 bits per heavy atom. The first-order valence-electron chi connectivity index (χ1n) is 9.31. The van der Waals surface area contributed by atoms with Gasteiger partial charge in [0.05, 0.1) is 11.5 Å². The summed E-state index contributed by atoms with van der Waals surface area (Å²) in [4.78, 5) is 4.57. The van der Waals surface area contributed by atoms with Crippen LogP contribution in [0, 0.1) is 11.8 Å². The number of rotatable bonds is 8. The Hall–Kier alpha value is -0.780. The van der Waals surface area contributed by atoms with Crippen molar-refractivity contribution in [3.8, 4) is 0 Å². The summed E-state index contributed by atoms with van der Waals surface area (Å²) in [5.41, 5.74) is 0. The molecule has 0 bridgehead atoms. The first kappa shape index (κ1) is 18.6. The number of guanidine groups is 1. The van der Waals surface area contributed by atoms with Crippen LogP contribution in [0.4, 0.5) is 0 Å². The average molecular weight is 344 g/mol. The summed E-state index contributed by atoms with van der Waals surface area (Å²) >= 11 is 0. The first-order valence-corrected chi connectivity index (χ1v) is 11.1. The molecule has 1 saturated heterocycles. The van der Waals surface area contributed by atoms with Crippen LogP contribution in [-0.2, 0) is 9.84 Å². The summed E-state index contributed by atoms with van der Waals surface area (Å²) in [6, 6.07) is 0. The lowest BCUT2D eigenvalue weighted by atomic mass is 10.0. The second kappa shape index (κ2) is 9.50. The zero-order chi connectivity index (χ0) is 16.5. The molecule has 1 aliphatic carbocycles. The van der Waals surface area contributed by atoms with E-state index < -0.39 is 9.84 Å². The molecule has 1 atom stereocenters. The highest BCUT2D eigenvalue weighted by Crippen LogP contribution is 2.28. The minimum atomic E-state index is -2.80. The van der Waals surface area contributed by atoms with Crippen LogP contribution in [0.25, 0.3) is 0 Å². The van der Waals surface area contributed by atoms with Crippen molar-refractivity contribution < 1.29 is 8.42 Å². The lowest BCUT2D eigenvalue weighted by molar-refractivity contribution is 0.472. The highest BCUT2D eigenvalue weighted by molar-refractivity contribution is 7.91. The minimum absolute atomic E-state index is 0.192. The van der Waals surface area contributed by atoms with Crippen LogP contribution < -0.4 is 10.6 Å². The van der Waals surface area contributed by atoms with Crippen LogP contribution in [0.3, 0.4) is 0 Å². The standard InChI is InChI=1S/C17H33N3O2S/c1-2-18-17(20-13-16-10-12-23(21,22)14-16)19-11-6-5-9-15-7-3-4-8-15/h15-16H,2-14H2,1H3,(H2,18,19,20). The fourth-order valence-corrected chi connectivity index (χ4v) is 5.49. The predicted octanol–water partition coefficient (Wildman–Crippen LogP) is 2.34. The third-order valence-electron chi connectivity index (χ3n) is 4.98. The molecule has 0 radical (unpaired) electrons. The van der Waals surface area contributed by atoms with E-state index in [0.29, 0.717) is 18.1 Å². The second-order valence-corrected chi connectivity index (χ2v) is 9.29. The summed E-state index contributed by atoms with van der Waals surface area (Å²) in [6.45, 7) is 4.44. The van der Waals surface area contributed by atoms with Crippen molar-refractivity contribution in [2.24, 2.45) is 16.8 Å². The van der Waals surface area contributed by atoms with E-state index in [4.69, 9.17) is 0 Å². The van der Waals surface area contributed by atoms with Crippen molar-refractivity contribution in [2.45, 2.75) is 58.3 Å². The van der Waals surface area contributed by atoms with E-state index >= 15 is 0 Å². The van der Waals surface area contributed by atoms with Gasteiger partial charge >= 0.3 is 0 Å². The molecule has 1 unspecified atom stereocenters. The molecule has 2 fully saturated rings. The van der Waals surface area contributed by atoms with Crippen molar-refractivity contribution in [1.29, 1.82) is 0 Å². The Labute approximate surface area is 141 Å². The normalized spacial score (nSPS) is 24.9. The summed E-state index contributed by atoms with van der Waals surface area (Å²) in [5, 5.41) is 6.63.